The largest absolute Gasteiger partial charge is 0.373 e. The molecule has 0 heterocycles. The van der Waals surface area contributed by atoms with Gasteiger partial charge in [0.1, 0.15) is 5.83 Å². The molecular formula is C29H32F4O. The lowest BCUT2D eigenvalue weighted by atomic mass is 9.82. The first-order chi connectivity index (χ1) is 16.4. The number of benzene rings is 2. The van der Waals surface area contributed by atoms with E-state index in [0.29, 0.717) is 43.2 Å². The molecule has 1 unspecified atom stereocenters. The molecule has 0 aliphatic heterocycles. The minimum Gasteiger partial charge on any atom is -0.373 e. The summed E-state index contributed by atoms with van der Waals surface area (Å²) in [5, 5.41) is 0. The zero-order valence-corrected chi connectivity index (χ0v) is 19.9. The summed E-state index contributed by atoms with van der Waals surface area (Å²) in [6.45, 7) is 3.80. The molecule has 2 aliphatic carbocycles. The van der Waals surface area contributed by atoms with Gasteiger partial charge in [0.2, 0.25) is 0 Å². The Hall–Kier alpha value is -2.40. The molecule has 0 saturated heterocycles. The molecule has 2 aliphatic rings. The number of hydrogen-bond acceptors (Lipinski definition) is 1. The molecule has 4 rings (SSSR count). The third kappa shape index (κ3) is 5.30. The smallest absolute Gasteiger partial charge is 0.166 e. The van der Waals surface area contributed by atoms with E-state index in [9.17, 15) is 13.2 Å². The van der Waals surface area contributed by atoms with Crippen molar-refractivity contribution in [3.8, 4) is 11.1 Å². The Kier molecular flexibility index (Phi) is 7.92. The van der Waals surface area contributed by atoms with Gasteiger partial charge in [-0.3, -0.25) is 0 Å². The summed E-state index contributed by atoms with van der Waals surface area (Å²) in [7, 11) is 0. The van der Waals surface area contributed by atoms with Crippen LogP contribution < -0.4 is 0 Å². The van der Waals surface area contributed by atoms with Crippen molar-refractivity contribution in [3.63, 3.8) is 0 Å². The summed E-state index contributed by atoms with van der Waals surface area (Å²) in [5.41, 5.74) is 2.80. The first-order valence-corrected chi connectivity index (χ1v) is 12.3. The lowest BCUT2D eigenvalue weighted by Crippen LogP contribution is -2.23. The Morgan fingerprint density at radius 1 is 0.882 bits per heavy atom. The van der Waals surface area contributed by atoms with Crippen molar-refractivity contribution in [1.82, 2.24) is 0 Å². The zero-order chi connectivity index (χ0) is 24.2. The second-order valence-corrected chi connectivity index (χ2v) is 9.59. The summed E-state index contributed by atoms with van der Waals surface area (Å²) in [5.74, 6) is -3.60. The molecule has 2 aromatic carbocycles. The van der Waals surface area contributed by atoms with E-state index in [0.717, 1.165) is 12.8 Å². The molecular weight excluding hydrogens is 440 g/mol. The summed E-state index contributed by atoms with van der Waals surface area (Å²) in [6.07, 6.45) is 6.73. The highest BCUT2D eigenvalue weighted by molar-refractivity contribution is 5.65. The van der Waals surface area contributed by atoms with Crippen molar-refractivity contribution in [3.05, 3.63) is 82.5 Å². The summed E-state index contributed by atoms with van der Waals surface area (Å²) >= 11 is 0. The van der Waals surface area contributed by atoms with Crippen LogP contribution in [-0.2, 0) is 11.2 Å². The number of ether oxygens (including phenoxy) is 1. The van der Waals surface area contributed by atoms with Gasteiger partial charge in [-0.25, -0.2) is 17.6 Å². The van der Waals surface area contributed by atoms with E-state index in [1.54, 1.807) is 25.1 Å². The first-order valence-electron chi connectivity index (χ1n) is 12.3. The van der Waals surface area contributed by atoms with Crippen LogP contribution in [0.3, 0.4) is 0 Å². The summed E-state index contributed by atoms with van der Waals surface area (Å²) < 4.78 is 63.8. The van der Waals surface area contributed by atoms with Gasteiger partial charge in [0.15, 0.2) is 17.5 Å². The van der Waals surface area contributed by atoms with Crippen LogP contribution >= 0.6 is 0 Å². The predicted octanol–water partition coefficient (Wildman–Crippen LogP) is 8.74. The highest BCUT2D eigenvalue weighted by Gasteiger charge is 2.28. The van der Waals surface area contributed by atoms with Crippen LogP contribution in [0, 0.1) is 17.6 Å². The SMILES string of the molecule is CCCc1ccc(-c2ccc(C3CCC(OCC4=CCC(C)C(F)=C4F)CC3)c(F)c2F)cc1. The van der Waals surface area contributed by atoms with E-state index < -0.39 is 29.2 Å². The average Bonchev–Trinajstić information content (AvgIpc) is 2.85. The topological polar surface area (TPSA) is 9.23 Å². The van der Waals surface area contributed by atoms with Gasteiger partial charge in [-0.1, -0.05) is 62.7 Å². The Labute approximate surface area is 199 Å². The van der Waals surface area contributed by atoms with Crippen molar-refractivity contribution in [2.24, 2.45) is 5.92 Å². The maximum atomic E-state index is 15.0. The third-order valence-electron chi connectivity index (χ3n) is 7.15. The second-order valence-electron chi connectivity index (χ2n) is 9.59. The molecule has 0 spiro atoms. The first kappa shape index (κ1) is 24.7. The van der Waals surface area contributed by atoms with Gasteiger partial charge in [0.25, 0.3) is 0 Å². The third-order valence-corrected chi connectivity index (χ3v) is 7.15. The summed E-state index contributed by atoms with van der Waals surface area (Å²) in [4.78, 5) is 0. The van der Waals surface area contributed by atoms with E-state index in [-0.39, 0.29) is 29.8 Å². The average molecular weight is 473 g/mol. The van der Waals surface area contributed by atoms with Crippen LogP contribution in [0.4, 0.5) is 17.6 Å². The van der Waals surface area contributed by atoms with Gasteiger partial charge in [-0.05, 0) is 61.1 Å². The lowest BCUT2D eigenvalue weighted by Gasteiger charge is -2.30. The quantitative estimate of drug-likeness (QED) is 0.366. The molecule has 1 saturated carbocycles. The van der Waals surface area contributed by atoms with Gasteiger partial charge in [0.05, 0.1) is 12.7 Å². The molecule has 1 fully saturated rings. The Morgan fingerprint density at radius 2 is 1.59 bits per heavy atom. The number of aryl methyl sites for hydroxylation is 1. The fraction of sp³-hybridized carbons (Fsp3) is 0.448. The molecule has 0 radical (unpaired) electrons. The summed E-state index contributed by atoms with van der Waals surface area (Å²) in [6, 6.07) is 11.0. The van der Waals surface area contributed by atoms with Gasteiger partial charge in [-0.2, -0.15) is 0 Å². The molecule has 0 bridgehead atoms. The van der Waals surface area contributed by atoms with Crippen molar-refractivity contribution < 1.29 is 22.3 Å². The van der Waals surface area contributed by atoms with Crippen molar-refractivity contribution >= 4 is 0 Å². The van der Waals surface area contributed by atoms with Crippen LogP contribution in [0.25, 0.3) is 11.1 Å². The molecule has 34 heavy (non-hydrogen) atoms. The highest BCUT2D eigenvalue weighted by Crippen LogP contribution is 2.38. The van der Waals surface area contributed by atoms with Crippen molar-refractivity contribution in [1.29, 1.82) is 0 Å². The van der Waals surface area contributed by atoms with Crippen LogP contribution in [-0.4, -0.2) is 12.7 Å². The molecule has 1 nitrogen and oxygen atoms in total. The van der Waals surface area contributed by atoms with Gasteiger partial charge >= 0.3 is 0 Å². The number of halogens is 4. The Morgan fingerprint density at radius 3 is 2.26 bits per heavy atom. The number of allylic oxidation sites excluding steroid dienone is 2. The van der Waals surface area contributed by atoms with E-state index in [4.69, 9.17) is 4.74 Å². The fourth-order valence-electron chi connectivity index (χ4n) is 4.99. The predicted molar refractivity (Wildman–Crippen MR) is 128 cm³/mol. The molecule has 0 amide bonds. The molecule has 5 heteroatoms. The molecule has 182 valence electrons. The van der Waals surface area contributed by atoms with Gasteiger partial charge < -0.3 is 4.74 Å². The second kappa shape index (κ2) is 10.9. The van der Waals surface area contributed by atoms with E-state index in [1.807, 2.05) is 24.3 Å². The minimum absolute atomic E-state index is 0.0377. The van der Waals surface area contributed by atoms with E-state index >= 15 is 4.39 Å². The van der Waals surface area contributed by atoms with E-state index in [2.05, 4.69) is 6.92 Å². The molecule has 1 atom stereocenters. The Bertz CT molecular complexity index is 1060. The highest BCUT2D eigenvalue weighted by atomic mass is 19.2. The standard InChI is InChI=1S/C29H32F4O/c1-3-4-19-6-9-20(10-7-19)24-15-16-25(29(33)28(24)32)21-11-13-23(14-12-21)34-17-22-8-5-18(2)26(30)27(22)31/h6-10,15-16,18,21,23H,3-5,11-14,17H2,1-2H3. The van der Waals surface area contributed by atoms with Gasteiger partial charge in [0, 0.05) is 17.1 Å². The van der Waals surface area contributed by atoms with Gasteiger partial charge in [-0.15, -0.1) is 0 Å². The maximum absolute atomic E-state index is 15.0. The fourth-order valence-corrected chi connectivity index (χ4v) is 4.99. The maximum Gasteiger partial charge on any atom is 0.166 e. The van der Waals surface area contributed by atoms with Crippen LogP contribution in [0.15, 0.2) is 59.7 Å². The minimum atomic E-state index is -0.804. The monoisotopic (exact) mass is 472 g/mol. The van der Waals surface area contributed by atoms with Crippen molar-refractivity contribution in [2.75, 3.05) is 6.61 Å². The number of hydrogen-bond donors (Lipinski definition) is 0. The molecule has 0 aromatic heterocycles. The molecule has 0 N–H and O–H groups in total. The normalized spacial score (nSPS) is 23.2. The van der Waals surface area contributed by atoms with E-state index in [1.165, 1.54) is 5.56 Å². The zero-order valence-electron chi connectivity index (χ0n) is 19.9. The Balaban J connectivity index is 1.36. The van der Waals surface area contributed by atoms with Crippen LogP contribution in [0.1, 0.15) is 69.4 Å². The van der Waals surface area contributed by atoms with Crippen LogP contribution in [0.2, 0.25) is 0 Å². The van der Waals surface area contributed by atoms with Crippen LogP contribution in [0.5, 0.6) is 0 Å². The lowest BCUT2D eigenvalue weighted by molar-refractivity contribution is 0.0375. The molecule has 2 aromatic rings. The number of rotatable bonds is 7. The van der Waals surface area contributed by atoms with Crippen molar-refractivity contribution in [2.45, 2.75) is 70.8 Å².